The van der Waals surface area contributed by atoms with Crippen LogP contribution in [-0.2, 0) is 25.7 Å². The Kier molecular flexibility index (Phi) is 10.5. The van der Waals surface area contributed by atoms with Gasteiger partial charge in [0, 0.05) is 50.8 Å². The van der Waals surface area contributed by atoms with Crippen molar-refractivity contribution in [2.75, 3.05) is 9.80 Å². The maximum atomic E-state index is 5.16. The van der Waals surface area contributed by atoms with Crippen LogP contribution in [0, 0.1) is 13.8 Å². The molecule has 1 aromatic heterocycles. The zero-order valence-electron chi connectivity index (χ0n) is 38.3. The first-order valence-corrected chi connectivity index (χ1v) is 23.7. The van der Waals surface area contributed by atoms with E-state index in [9.17, 15) is 0 Å². The number of fused-ring (bicyclic) bond motifs is 4. The monoisotopic (exact) mass is 875 g/mol. The molecule has 0 atom stereocenters. The van der Waals surface area contributed by atoms with Gasteiger partial charge in [0.05, 0.1) is 0 Å². The van der Waals surface area contributed by atoms with Gasteiger partial charge in [-0.25, -0.2) is 15.0 Å². The molecule has 9 aromatic carbocycles. The van der Waals surface area contributed by atoms with Crippen molar-refractivity contribution in [3.63, 3.8) is 0 Å². The molecule has 5 nitrogen and oxygen atoms in total. The van der Waals surface area contributed by atoms with Crippen molar-refractivity contribution in [1.82, 2.24) is 15.0 Å². The van der Waals surface area contributed by atoms with Gasteiger partial charge >= 0.3 is 0 Å². The Hall–Kier alpha value is -8.41. The first kappa shape index (κ1) is 41.1. The fourth-order valence-electron chi connectivity index (χ4n) is 10.4. The highest BCUT2D eigenvalue weighted by atomic mass is 15.2. The number of aryl methyl sites for hydroxylation is 4. The van der Waals surface area contributed by atoms with Gasteiger partial charge in [-0.3, -0.25) is 0 Å². The summed E-state index contributed by atoms with van der Waals surface area (Å²) in [5, 5.41) is 0. The van der Waals surface area contributed by atoms with Crippen molar-refractivity contribution in [2.24, 2.45) is 0 Å². The Morgan fingerprint density at radius 3 is 0.897 bits per heavy atom. The van der Waals surface area contributed by atoms with E-state index in [4.69, 9.17) is 15.0 Å². The standard InChI is InChI=1S/C63H49N5/c1-42-53(22-14-28-55(42)67-57-24-10-6-16-46(57)34-35-47-17-7-11-25-58(47)67)44-30-38-51(39-31-44)62-64-61(50-20-4-3-5-21-50)65-63(66-62)52-40-32-45(33-41-52)54-23-15-29-56(43(54)2)68-59-26-12-8-18-48(59)36-37-49-19-9-13-27-60(49)68/h3-33,38-41H,34-37H2,1-2H3. The second-order valence-electron chi connectivity index (χ2n) is 17.9. The van der Waals surface area contributed by atoms with Crippen molar-refractivity contribution in [3.05, 3.63) is 246 Å². The molecule has 0 spiro atoms. The molecule has 0 aliphatic carbocycles. The molecule has 68 heavy (non-hydrogen) atoms. The molecule has 0 fully saturated rings. The zero-order valence-corrected chi connectivity index (χ0v) is 38.3. The van der Waals surface area contributed by atoms with Gasteiger partial charge in [0.25, 0.3) is 0 Å². The summed E-state index contributed by atoms with van der Waals surface area (Å²) in [6.07, 6.45) is 4.05. The molecule has 0 bridgehead atoms. The van der Waals surface area contributed by atoms with E-state index >= 15 is 0 Å². The van der Waals surface area contributed by atoms with E-state index in [1.54, 1.807) is 0 Å². The summed E-state index contributed by atoms with van der Waals surface area (Å²) in [5.41, 5.74) is 22.7. The van der Waals surface area contributed by atoms with Crippen LogP contribution < -0.4 is 9.80 Å². The Morgan fingerprint density at radius 2 is 0.544 bits per heavy atom. The Balaban J connectivity index is 0.886. The predicted octanol–water partition coefficient (Wildman–Crippen LogP) is 16.0. The maximum Gasteiger partial charge on any atom is 0.164 e. The summed E-state index contributed by atoms with van der Waals surface area (Å²) in [7, 11) is 0. The number of para-hydroxylation sites is 4. The van der Waals surface area contributed by atoms with E-state index in [2.05, 4.69) is 218 Å². The molecule has 0 unspecified atom stereocenters. The highest BCUT2D eigenvalue weighted by molar-refractivity contribution is 5.88. The van der Waals surface area contributed by atoms with Crippen LogP contribution in [-0.4, -0.2) is 15.0 Å². The van der Waals surface area contributed by atoms with E-state index in [1.165, 1.54) is 78.6 Å². The predicted molar refractivity (Wildman–Crippen MR) is 281 cm³/mol. The molecule has 5 heteroatoms. The molecule has 2 aliphatic heterocycles. The molecule has 2 aliphatic rings. The molecule has 0 saturated carbocycles. The number of benzene rings is 9. The molecule has 0 saturated heterocycles. The fourth-order valence-corrected chi connectivity index (χ4v) is 10.4. The van der Waals surface area contributed by atoms with E-state index in [0.29, 0.717) is 17.5 Å². The summed E-state index contributed by atoms with van der Waals surface area (Å²) >= 11 is 0. The quantitative estimate of drug-likeness (QED) is 0.160. The van der Waals surface area contributed by atoms with Gasteiger partial charge < -0.3 is 9.80 Å². The van der Waals surface area contributed by atoms with Crippen LogP contribution in [0.5, 0.6) is 0 Å². The van der Waals surface area contributed by atoms with Crippen molar-refractivity contribution in [1.29, 1.82) is 0 Å². The Morgan fingerprint density at radius 1 is 0.265 bits per heavy atom. The molecular formula is C63H49N5. The third kappa shape index (κ3) is 7.43. The minimum absolute atomic E-state index is 0.634. The topological polar surface area (TPSA) is 45.2 Å². The third-order valence-corrected chi connectivity index (χ3v) is 13.9. The second kappa shape index (κ2) is 17.4. The lowest BCUT2D eigenvalue weighted by molar-refractivity contribution is 0.977. The second-order valence-corrected chi connectivity index (χ2v) is 17.9. The van der Waals surface area contributed by atoms with Crippen molar-refractivity contribution >= 4 is 34.1 Å². The normalized spacial score (nSPS) is 12.9. The van der Waals surface area contributed by atoms with Crippen LogP contribution in [0.15, 0.2) is 212 Å². The zero-order chi connectivity index (χ0) is 45.6. The van der Waals surface area contributed by atoms with E-state index in [-0.39, 0.29) is 0 Å². The smallest absolute Gasteiger partial charge is 0.164 e. The highest BCUT2D eigenvalue weighted by Gasteiger charge is 2.26. The van der Waals surface area contributed by atoms with Gasteiger partial charge in [0.2, 0.25) is 0 Å². The minimum Gasteiger partial charge on any atom is -0.310 e. The van der Waals surface area contributed by atoms with E-state index in [1.807, 2.05) is 18.2 Å². The molecule has 326 valence electrons. The number of aromatic nitrogens is 3. The van der Waals surface area contributed by atoms with Crippen LogP contribution in [0.4, 0.5) is 34.1 Å². The average molecular weight is 876 g/mol. The molecule has 0 amide bonds. The van der Waals surface area contributed by atoms with Crippen LogP contribution in [0.2, 0.25) is 0 Å². The summed E-state index contributed by atoms with van der Waals surface area (Å²) in [6.45, 7) is 4.49. The summed E-state index contributed by atoms with van der Waals surface area (Å²) in [4.78, 5) is 20.2. The molecule has 0 N–H and O–H groups in total. The largest absolute Gasteiger partial charge is 0.310 e. The molecular weight excluding hydrogens is 827 g/mol. The first-order valence-electron chi connectivity index (χ1n) is 23.7. The van der Waals surface area contributed by atoms with Gasteiger partial charge in [0.15, 0.2) is 17.5 Å². The lowest BCUT2D eigenvalue weighted by Gasteiger charge is -2.29. The summed E-state index contributed by atoms with van der Waals surface area (Å²) in [6, 6.07) is 76.3. The van der Waals surface area contributed by atoms with Crippen LogP contribution in [0.3, 0.4) is 0 Å². The van der Waals surface area contributed by atoms with Crippen molar-refractivity contribution in [3.8, 4) is 56.4 Å². The number of rotatable bonds is 7. The lowest BCUT2D eigenvalue weighted by Crippen LogP contribution is -2.13. The molecule has 10 aromatic rings. The van der Waals surface area contributed by atoms with Crippen LogP contribution >= 0.6 is 0 Å². The fraction of sp³-hybridized carbons (Fsp3) is 0.0952. The van der Waals surface area contributed by atoms with Crippen molar-refractivity contribution in [2.45, 2.75) is 39.5 Å². The highest BCUT2D eigenvalue weighted by Crippen LogP contribution is 2.46. The van der Waals surface area contributed by atoms with E-state index in [0.717, 1.165) is 53.5 Å². The van der Waals surface area contributed by atoms with Gasteiger partial charge in [0.1, 0.15) is 0 Å². The SMILES string of the molecule is Cc1c(-c2ccc(-c3nc(-c4ccccc4)nc(-c4ccc(-c5cccc(N6c7ccccc7CCc7ccccc76)c5C)cc4)n3)cc2)cccc1N1c2ccccc2CCc2ccccc21. The molecule has 0 radical (unpaired) electrons. The maximum absolute atomic E-state index is 5.16. The Bertz CT molecular complexity index is 3180. The number of nitrogens with zero attached hydrogens (tertiary/aromatic N) is 5. The van der Waals surface area contributed by atoms with Gasteiger partial charge in [-0.1, -0.05) is 176 Å². The molecule has 12 rings (SSSR count). The van der Waals surface area contributed by atoms with Crippen LogP contribution in [0.25, 0.3) is 56.4 Å². The summed E-state index contributed by atoms with van der Waals surface area (Å²) < 4.78 is 0. The number of anilines is 6. The first-order chi connectivity index (χ1) is 33.6. The van der Waals surface area contributed by atoms with Gasteiger partial charge in [-0.05, 0) is 132 Å². The molecule has 3 heterocycles. The van der Waals surface area contributed by atoms with Gasteiger partial charge in [-0.15, -0.1) is 0 Å². The minimum atomic E-state index is 0.634. The van der Waals surface area contributed by atoms with E-state index < -0.39 is 0 Å². The number of hydrogen-bond acceptors (Lipinski definition) is 5. The van der Waals surface area contributed by atoms with Gasteiger partial charge in [-0.2, -0.15) is 0 Å². The number of hydrogen-bond donors (Lipinski definition) is 0. The van der Waals surface area contributed by atoms with Crippen molar-refractivity contribution < 1.29 is 0 Å². The average Bonchev–Trinajstić information content (AvgIpc) is 3.67. The lowest BCUT2D eigenvalue weighted by atomic mass is 9.96. The van der Waals surface area contributed by atoms with Crippen LogP contribution in [0.1, 0.15) is 33.4 Å². The third-order valence-electron chi connectivity index (χ3n) is 13.9. The Labute approximate surface area is 398 Å². The summed E-state index contributed by atoms with van der Waals surface area (Å²) in [5.74, 6) is 1.91.